The molecular weight excluding hydrogens is 267 g/mol. The quantitative estimate of drug-likeness (QED) is 0.885. The van der Waals surface area contributed by atoms with E-state index in [1.165, 1.54) is 18.9 Å². The van der Waals surface area contributed by atoms with Crippen molar-refractivity contribution in [3.8, 4) is 0 Å². The van der Waals surface area contributed by atoms with E-state index in [0.717, 1.165) is 11.3 Å². The van der Waals surface area contributed by atoms with Crippen molar-refractivity contribution < 1.29 is 8.81 Å². The lowest BCUT2D eigenvalue weighted by molar-refractivity contribution is 0.145. The molecule has 1 aromatic carbocycles. The minimum absolute atomic E-state index is 0.00157. The van der Waals surface area contributed by atoms with Crippen LogP contribution in [-0.4, -0.2) is 17.0 Å². The Balaban J connectivity index is 1.89. The molecule has 1 aromatic heterocycles. The highest BCUT2D eigenvalue weighted by Crippen LogP contribution is 2.37. The van der Waals surface area contributed by atoms with E-state index in [1.807, 2.05) is 25.1 Å². The van der Waals surface area contributed by atoms with Crippen LogP contribution in [0, 0.1) is 5.82 Å². The second-order valence-corrected chi connectivity index (χ2v) is 5.84. The highest BCUT2D eigenvalue weighted by atomic mass is 19.1. The van der Waals surface area contributed by atoms with E-state index in [-0.39, 0.29) is 17.9 Å². The Morgan fingerprint density at radius 3 is 2.71 bits per heavy atom. The van der Waals surface area contributed by atoms with Crippen molar-refractivity contribution in [2.24, 2.45) is 5.73 Å². The van der Waals surface area contributed by atoms with Gasteiger partial charge in [-0.15, -0.1) is 0 Å². The molecule has 2 aromatic rings. The highest BCUT2D eigenvalue weighted by Gasteiger charge is 2.36. The second kappa shape index (κ2) is 6.00. The van der Waals surface area contributed by atoms with Crippen molar-refractivity contribution in [2.75, 3.05) is 0 Å². The Bertz CT molecular complexity index is 578. The maximum Gasteiger partial charge on any atom is 0.123 e. The molecule has 0 spiro atoms. The van der Waals surface area contributed by atoms with E-state index < -0.39 is 0 Å². The molecule has 0 aliphatic heterocycles. The molecule has 1 saturated carbocycles. The number of furan rings is 1. The molecular formula is C17H21FN2O. The summed E-state index contributed by atoms with van der Waals surface area (Å²) < 4.78 is 19.0. The fraction of sp³-hybridized carbons (Fsp3) is 0.412. The number of hydrogen-bond acceptors (Lipinski definition) is 3. The maximum atomic E-state index is 13.6. The third-order valence-corrected chi connectivity index (χ3v) is 3.98. The molecule has 0 amide bonds. The summed E-state index contributed by atoms with van der Waals surface area (Å²) in [4.78, 5) is 2.35. The first-order valence-electron chi connectivity index (χ1n) is 7.44. The maximum absolute atomic E-state index is 13.6. The van der Waals surface area contributed by atoms with Crippen LogP contribution in [0.15, 0.2) is 47.1 Å². The minimum atomic E-state index is -0.216. The molecule has 1 fully saturated rings. The van der Waals surface area contributed by atoms with Crippen LogP contribution in [0.2, 0.25) is 0 Å². The smallest absolute Gasteiger partial charge is 0.123 e. The van der Waals surface area contributed by atoms with Gasteiger partial charge in [-0.05, 0) is 49.6 Å². The van der Waals surface area contributed by atoms with Gasteiger partial charge < -0.3 is 10.2 Å². The molecule has 0 radical (unpaired) electrons. The van der Waals surface area contributed by atoms with Gasteiger partial charge in [-0.1, -0.05) is 12.1 Å². The summed E-state index contributed by atoms with van der Waals surface area (Å²) in [6, 6.07) is 11.0. The topological polar surface area (TPSA) is 42.4 Å². The van der Waals surface area contributed by atoms with E-state index in [9.17, 15) is 4.39 Å². The van der Waals surface area contributed by atoms with Crippen LogP contribution in [0.3, 0.4) is 0 Å². The summed E-state index contributed by atoms with van der Waals surface area (Å²) >= 11 is 0. The molecule has 0 saturated heterocycles. The fourth-order valence-corrected chi connectivity index (χ4v) is 2.93. The Kier molecular flexibility index (Phi) is 4.08. The summed E-state index contributed by atoms with van der Waals surface area (Å²) in [5.41, 5.74) is 7.15. The molecule has 1 aliphatic carbocycles. The Hall–Kier alpha value is -1.65. The minimum Gasteiger partial charge on any atom is -0.468 e. The van der Waals surface area contributed by atoms with Crippen molar-refractivity contribution in [1.82, 2.24) is 4.90 Å². The second-order valence-electron chi connectivity index (χ2n) is 5.84. The number of benzene rings is 1. The third-order valence-electron chi connectivity index (χ3n) is 3.98. The van der Waals surface area contributed by atoms with E-state index >= 15 is 0 Å². The first-order chi connectivity index (χ1) is 10.1. The van der Waals surface area contributed by atoms with Gasteiger partial charge in [0.1, 0.15) is 11.6 Å². The van der Waals surface area contributed by atoms with Crippen LogP contribution in [0.4, 0.5) is 4.39 Å². The van der Waals surface area contributed by atoms with E-state index in [0.29, 0.717) is 12.6 Å². The third kappa shape index (κ3) is 3.34. The van der Waals surface area contributed by atoms with Gasteiger partial charge >= 0.3 is 0 Å². The summed E-state index contributed by atoms with van der Waals surface area (Å²) in [5, 5.41) is 0. The number of rotatable bonds is 6. The summed E-state index contributed by atoms with van der Waals surface area (Å²) in [5.74, 6) is 0.704. The van der Waals surface area contributed by atoms with E-state index in [4.69, 9.17) is 10.2 Å². The normalized spacial score (nSPS) is 17.9. The van der Waals surface area contributed by atoms with Crippen LogP contribution in [0.5, 0.6) is 0 Å². The zero-order valence-corrected chi connectivity index (χ0v) is 12.2. The summed E-state index contributed by atoms with van der Waals surface area (Å²) in [6.45, 7) is 2.69. The SMILES string of the molecule is CC(N)C(c1cccc(F)c1)N(Cc1ccco1)C1CC1. The largest absolute Gasteiger partial charge is 0.468 e. The van der Waals surface area contributed by atoms with Crippen LogP contribution in [0.1, 0.15) is 37.1 Å². The van der Waals surface area contributed by atoms with E-state index in [1.54, 1.807) is 18.4 Å². The predicted molar refractivity (Wildman–Crippen MR) is 80.1 cm³/mol. The lowest BCUT2D eigenvalue weighted by Crippen LogP contribution is -2.40. The fourth-order valence-electron chi connectivity index (χ4n) is 2.93. The Morgan fingerprint density at radius 2 is 2.14 bits per heavy atom. The molecule has 0 bridgehead atoms. The van der Waals surface area contributed by atoms with Gasteiger partial charge in [-0.25, -0.2) is 4.39 Å². The van der Waals surface area contributed by atoms with Crippen LogP contribution >= 0.6 is 0 Å². The summed E-state index contributed by atoms with van der Waals surface area (Å²) in [6.07, 6.45) is 4.02. The van der Waals surface area contributed by atoms with Gasteiger partial charge in [0.05, 0.1) is 18.8 Å². The standard InChI is InChI=1S/C17H21FN2O/c1-12(19)17(13-4-2-5-14(18)10-13)20(15-7-8-15)11-16-6-3-9-21-16/h2-6,9-10,12,15,17H,7-8,11,19H2,1H3. The van der Waals surface area contributed by atoms with Gasteiger partial charge in [0.2, 0.25) is 0 Å². The highest BCUT2D eigenvalue weighted by molar-refractivity contribution is 5.22. The molecule has 112 valence electrons. The van der Waals surface area contributed by atoms with Crippen LogP contribution in [0.25, 0.3) is 0 Å². The first kappa shape index (κ1) is 14.3. The lowest BCUT2D eigenvalue weighted by Gasteiger charge is -2.34. The van der Waals surface area contributed by atoms with Crippen LogP contribution in [-0.2, 0) is 6.54 Å². The van der Waals surface area contributed by atoms with Gasteiger partial charge in [-0.2, -0.15) is 0 Å². The molecule has 21 heavy (non-hydrogen) atoms. The Labute approximate surface area is 124 Å². The van der Waals surface area contributed by atoms with Gasteiger partial charge in [0.15, 0.2) is 0 Å². The Morgan fingerprint density at radius 1 is 1.33 bits per heavy atom. The molecule has 2 atom stereocenters. The zero-order valence-electron chi connectivity index (χ0n) is 12.2. The van der Waals surface area contributed by atoms with Crippen molar-refractivity contribution in [3.05, 3.63) is 59.8 Å². The van der Waals surface area contributed by atoms with Gasteiger partial charge in [0.25, 0.3) is 0 Å². The van der Waals surface area contributed by atoms with E-state index in [2.05, 4.69) is 4.90 Å². The molecule has 1 aliphatic rings. The predicted octanol–water partition coefficient (Wildman–Crippen LogP) is 3.47. The van der Waals surface area contributed by atoms with Gasteiger partial charge in [-0.3, -0.25) is 4.90 Å². The monoisotopic (exact) mass is 288 g/mol. The van der Waals surface area contributed by atoms with Crippen molar-refractivity contribution in [1.29, 1.82) is 0 Å². The number of halogens is 1. The molecule has 3 nitrogen and oxygen atoms in total. The average molecular weight is 288 g/mol. The number of nitrogens with two attached hydrogens (primary N) is 1. The number of nitrogens with zero attached hydrogens (tertiary/aromatic N) is 1. The zero-order chi connectivity index (χ0) is 14.8. The summed E-state index contributed by atoms with van der Waals surface area (Å²) in [7, 11) is 0. The van der Waals surface area contributed by atoms with Crippen molar-refractivity contribution in [2.45, 2.75) is 44.4 Å². The molecule has 3 rings (SSSR count). The first-order valence-corrected chi connectivity index (χ1v) is 7.44. The lowest BCUT2D eigenvalue weighted by atomic mass is 9.98. The molecule has 2 unspecified atom stereocenters. The molecule has 2 N–H and O–H groups in total. The van der Waals surface area contributed by atoms with Crippen molar-refractivity contribution >= 4 is 0 Å². The molecule has 4 heteroatoms. The van der Waals surface area contributed by atoms with Crippen molar-refractivity contribution in [3.63, 3.8) is 0 Å². The van der Waals surface area contributed by atoms with Gasteiger partial charge in [0, 0.05) is 12.1 Å². The number of hydrogen-bond donors (Lipinski definition) is 1. The van der Waals surface area contributed by atoms with Crippen LogP contribution < -0.4 is 5.73 Å². The average Bonchev–Trinajstić information content (AvgIpc) is 3.16. The molecule has 1 heterocycles.